The molecular weight excluding hydrogens is 232 g/mol. The molecule has 0 aromatic carbocycles. The van der Waals surface area contributed by atoms with Crippen molar-refractivity contribution >= 4 is 11.8 Å². The molecule has 5 nitrogen and oxygen atoms in total. The zero-order chi connectivity index (χ0) is 13.3. The minimum absolute atomic E-state index is 0.0175. The molecule has 1 N–H and O–H groups in total. The summed E-state index contributed by atoms with van der Waals surface area (Å²) in [5.41, 5.74) is -0.782. The molecule has 2 atom stereocenters. The van der Waals surface area contributed by atoms with Gasteiger partial charge < -0.3 is 15.0 Å². The molecule has 1 heterocycles. The standard InChI is InChI=1S/C13H22N2O3/c1-13(2)12(17)15(8-11(16)14-13)9-5-4-6-10(7-9)18-3/h9-10H,4-8H2,1-3H3,(H,14,16). The number of amides is 2. The number of methoxy groups -OCH3 is 1. The van der Waals surface area contributed by atoms with Gasteiger partial charge in [0.05, 0.1) is 12.6 Å². The maximum absolute atomic E-state index is 12.4. The quantitative estimate of drug-likeness (QED) is 0.788. The van der Waals surface area contributed by atoms with Crippen LogP contribution in [-0.2, 0) is 14.3 Å². The second-order valence-corrected chi connectivity index (χ2v) is 5.78. The molecule has 5 heteroatoms. The van der Waals surface area contributed by atoms with Gasteiger partial charge in [-0.15, -0.1) is 0 Å². The van der Waals surface area contributed by atoms with E-state index in [1.807, 2.05) is 0 Å². The van der Waals surface area contributed by atoms with Gasteiger partial charge in [-0.3, -0.25) is 9.59 Å². The number of nitrogens with zero attached hydrogens (tertiary/aromatic N) is 1. The first kappa shape index (κ1) is 13.3. The van der Waals surface area contributed by atoms with Crippen LogP contribution in [0.5, 0.6) is 0 Å². The van der Waals surface area contributed by atoms with E-state index in [2.05, 4.69) is 5.32 Å². The van der Waals surface area contributed by atoms with E-state index in [1.54, 1.807) is 25.9 Å². The van der Waals surface area contributed by atoms with Gasteiger partial charge in [0.15, 0.2) is 0 Å². The summed E-state index contributed by atoms with van der Waals surface area (Å²) >= 11 is 0. The number of carbonyl (C=O) groups excluding carboxylic acids is 2. The van der Waals surface area contributed by atoms with Crippen LogP contribution < -0.4 is 5.32 Å². The predicted molar refractivity (Wildman–Crippen MR) is 67.0 cm³/mol. The minimum atomic E-state index is -0.782. The molecule has 0 bridgehead atoms. The van der Waals surface area contributed by atoms with Crippen molar-refractivity contribution in [3.05, 3.63) is 0 Å². The third kappa shape index (κ3) is 2.51. The van der Waals surface area contributed by atoms with Crippen molar-refractivity contribution in [3.8, 4) is 0 Å². The van der Waals surface area contributed by atoms with E-state index in [0.29, 0.717) is 0 Å². The maximum Gasteiger partial charge on any atom is 0.248 e. The van der Waals surface area contributed by atoms with Gasteiger partial charge in [-0.05, 0) is 39.5 Å². The largest absolute Gasteiger partial charge is 0.381 e. The molecular formula is C13H22N2O3. The first-order chi connectivity index (χ1) is 8.44. The predicted octanol–water partition coefficient (Wildman–Crippen LogP) is 0.681. The number of carbonyl (C=O) groups is 2. The summed E-state index contributed by atoms with van der Waals surface area (Å²) in [7, 11) is 1.71. The second-order valence-electron chi connectivity index (χ2n) is 5.78. The summed E-state index contributed by atoms with van der Waals surface area (Å²) in [5.74, 6) is -0.0528. The van der Waals surface area contributed by atoms with Gasteiger partial charge in [-0.1, -0.05) is 0 Å². The topological polar surface area (TPSA) is 58.6 Å². The van der Waals surface area contributed by atoms with E-state index in [4.69, 9.17) is 4.74 Å². The van der Waals surface area contributed by atoms with Crippen molar-refractivity contribution < 1.29 is 14.3 Å². The first-order valence-corrected chi connectivity index (χ1v) is 6.59. The molecule has 0 aromatic rings. The third-order valence-corrected chi connectivity index (χ3v) is 3.93. The van der Waals surface area contributed by atoms with Crippen molar-refractivity contribution in [2.75, 3.05) is 13.7 Å². The van der Waals surface area contributed by atoms with Gasteiger partial charge in [0.25, 0.3) is 0 Å². The van der Waals surface area contributed by atoms with E-state index >= 15 is 0 Å². The number of piperazine rings is 1. The molecule has 2 amide bonds. The molecule has 102 valence electrons. The lowest BCUT2D eigenvalue weighted by Crippen LogP contribution is -2.66. The highest BCUT2D eigenvalue weighted by atomic mass is 16.5. The second kappa shape index (κ2) is 4.88. The van der Waals surface area contributed by atoms with E-state index in [9.17, 15) is 9.59 Å². The fraction of sp³-hybridized carbons (Fsp3) is 0.846. The van der Waals surface area contributed by atoms with E-state index < -0.39 is 5.54 Å². The molecule has 2 fully saturated rings. The van der Waals surface area contributed by atoms with Crippen LogP contribution in [0.2, 0.25) is 0 Å². The number of nitrogens with one attached hydrogen (secondary N) is 1. The molecule has 2 aliphatic rings. The molecule has 2 rings (SSSR count). The van der Waals surface area contributed by atoms with Crippen molar-refractivity contribution in [2.24, 2.45) is 0 Å². The summed E-state index contributed by atoms with van der Waals surface area (Å²) in [6, 6.07) is 0.140. The number of hydrogen-bond donors (Lipinski definition) is 1. The van der Waals surface area contributed by atoms with Crippen LogP contribution in [0.25, 0.3) is 0 Å². The molecule has 1 aliphatic carbocycles. The number of rotatable bonds is 2. The zero-order valence-electron chi connectivity index (χ0n) is 11.4. The lowest BCUT2D eigenvalue weighted by molar-refractivity contribution is -0.152. The van der Waals surface area contributed by atoms with Crippen molar-refractivity contribution in [3.63, 3.8) is 0 Å². The van der Waals surface area contributed by atoms with E-state index in [1.165, 1.54) is 0 Å². The smallest absolute Gasteiger partial charge is 0.248 e. The molecule has 0 radical (unpaired) electrons. The van der Waals surface area contributed by atoms with Crippen LogP contribution in [0.1, 0.15) is 39.5 Å². The van der Waals surface area contributed by atoms with Gasteiger partial charge in [-0.2, -0.15) is 0 Å². The third-order valence-electron chi connectivity index (χ3n) is 3.93. The summed E-state index contributed by atoms with van der Waals surface area (Å²) in [6.45, 7) is 3.70. The normalized spacial score (nSPS) is 32.3. The van der Waals surface area contributed by atoms with Gasteiger partial charge in [0.2, 0.25) is 11.8 Å². The fourth-order valence-electron chi connectivity index (χ4n) is 2.94. The monoisotopic (exact) mass is 254 g/mol. The first-order valence-electron chi connectivity index (χ1n) is 6.59. The molecule has 1 saturated carbocycles. The zero-order valence-corrected chi connectivity index (χ0v) is 11.4. The lowest BCUT2D eigenvalue weighted by Gasteiger charge is -2.43. The van der Waals surface area contributed by atoms with Gasteiger partial charge >= 0.3 is 0 Å². The summed E-state index contributed by atoms with van der Waals surface area (Å²) in [5, 5.41) is 2.74. The highest BCUT2D eigenvalue weighted by molar-refractivity contribution is 5.97. The fourth-order valence-corrected chi connectivity index (χ4v) is 2.94. The highest BCUT2D eigenvalue weighted by Gasteiger charge is 2.42. The Labute approximate surface area is 108 Å². The van der Waals surface area contributed by atoms with E-state index in [-0.39, 0.29) is 30.5 Å². The van der Waals surface area contributed by atoms with Crippen LogP contribution in [0.15, 0.2) is 0 Å². The Morgan fingerprint density at radius 1 is 1.33 bits per heavy atom. The van der Waals surface area contributed by atoms with E-state index in [0.717, 1.165) is 25.7 Å². The SMILES string of the molecule is COC1CCCC(N2CC(=O)NC(C)(C)C2=O)C1. The number of hydrogen-bond acceptors (Lipinski definition) is 3. The molecule has 0 spiro atoms. The molecule has 1 aliphatic heterocycles. The number of ether oxygens (including phenoxy) is 1. The van der Waals surface area contributed by atoms with Crippen LogP contribution in [0.3, 0.4) is 0 Å². The molecule has 1 saturated heterocycles. The average molecular weight is 254 g/mol. The Morgan fingerprint density at radius 3 is 2.72 bits per heavy atom. The van der Waals surface area contributed by atoms with Crippen LogP contribution in [0.4, 0.5) is 0 Å². The lowest BCUT2D eigenvalue weighted by atomic mass is 9.89. The molecule has 2 unspecified atom stereocenters. The molecule has 18 heavy (non-hydrogen) atoms. The average Bonchev–Trinajstić information content (AvgIpc) is 2.33. The van der Waals surface area contributed by atoms with Crippen molar-refractivity contribution in [1.82, 2.24) is 10.2 Å². The van der Waals surface area contributed by atoms with Gasteiger partial charge in [-0.25, -0.2) is 0 Å². The minimum Gasteiger partial charge on any atom is -0.381 e. The van der Waals surface area contributed by atoms with Crippen LogP contribution in [0, 0.1) is 0 Å². The Bertz CT molecular complexity index is 354. The van der Waals surface area contributed by atoms with Crippen molar-refractivity contribution in [1.29, 1.82) is 0 Å². The Hall–Kier alpha value is -1.10. The molecule has 0 aromatic heterocycles. The Morgan fingerprint density at radius 2 is 2.06 bits per heavy atom. The Balaban J connectivity index is 2.11. The highest BCUT2D eigenvalue weighted by Crippen LogP contribution is 2.27. The van der Waals surface area contributed by atoms with Gasteiger partial charge in [0.1, 0.15) is 5.54 Å². The van der Waals surface area contributed by atoms with Gasteiger partial charge in [0, 0.05) is 13.2 Å². The van der Waals surface area contributed by atoms with Crippen molar-refractivity contribution in [2.45, 2.75) is 57.2 Å². The van der Waals surface area contributed by atoms with Crippen LogP contribution in [-0.4, -0.2) is 48.1 Å². The maximum atomic E-state index is 12.4. The summed E-state index contributed by atoms with van der Waals surface area (Å²) < 4.78 is 5.39. The summed E-state index contributed by atoms with van der Waals surface area (Å²) in [4.78, 5) is 25.8. The Kier molecular flexibility index (Phi) is 3.61. The summed E-state index contributed by atoms with van der Waals surface area (Å²) in [6.07, 6.45) is 4.12. The van der Waals surface area contributed by atoms with Crippen LogP contribution >= 0.6 is 0 Å².